The molecule has 1 N–H and O–H groups in total. The van der Waals surface area contributed by atoms with Crippen LogP contribution in [0, 0.1) is 12.3 Å². The summed E-state index contributed by atoms with van der Waals surface area (Å²) in [6.45, 7) is 2.01. The molecule has 1 aliphatic heterocycles. The van der Waals surface area contributed by atoms with Gasteiger partial charge in [0, 0.05) is 25.1 Å². The van der Waals surface area contributed by atoms with Gasteiger partial charge in [0.05, 0.1) is 30.8 Å². The average molecular weight is 354 g/mol. The Balaban J connectivity index is 1.57. The van der Waals surface area contributed by atoms with Gasteiger partial charge in [-0.2, -0.15) is 5.10 Å². The van der Waals surface area contributed by atoms with E-state index in [0.717, 1.165) is 24.8 Å². The molecule has 7 heteroatoms. The molecule has 0 bridgehead atoms. The number of ether oxygens (including phenoxy) is 1. The van der Waals surface area contributed by atoms with Gasteiger partial charge in [0.15, 0.2) is 0 Å². The molecule has 3 rings (SSSR count). The maximum atomic E-state index is 12.4. The van der Waals surface area contributed by atoms with Gasteiger partial charge in [0.2, 0.25) is 0 Å². The van der Waals surface area contributed by atoms with Gasteiger partial charge in [0.1, 0.15) is 0 Å². The van der Waals surface area contributed by atoms with Gasteiger partial charge in [-0.15, -0.1) is 6.42 Å². The van der Waals surface area contributed by atoms with Crippen LogP contribution in [0.5, 0.6) is 0 Å². The number of terminal acetylenes is 1. The molecule has 2 amide bonds. The second-order valence-electron chi connectivity index (χ2n) is 6.21. The van der Waals surface area contributed by atoms with Crippen LogP contribution in [0.15, 0.2) is 35.3 Å². The van der Waals surface area contributed by atoms with Crippen LogP contribution in [0.4, 0.5) is 4.79 Å². The smallest absolute Gasteiger partial charge is 0.318 e. The first-order valence-corrected chi connectivity index (χ1v) is 8.72. The molecule has 1 fully saturated rings. The largest absolute Gasteiger partial charge is 0.376 e. The van der Waals surface area contributed by atoms with Crippen LogP contribution in [0.1, 0.15) is 12.8 Å². The molecule has 1 aromatic carbocycles. The van der Waals surface area contributed by atoms with Crippen LogP contribution >= 0.6 is 0 Å². The van der Waals surface area contributed by atoms with Gasteiger partial charge in [0.25, 0.3) is 5.56 Å². The quantitative estimate of drug-likeness (QED) is 0.792. The Morgan fingerprint density at radius 1 is 1.46 bits per heavy atom. The summed E-state index contributed by atoms with van der Waals surface area (Å²) in [5, 5.41) is 8.37. The Labute approximate surface area is 151 Å². The number of nitrogens with zero attached hydrogens (tertiary/aromatic N) is 3. The van der Waals surface area contributed by atoms with E-state index in [0.29, 0.717) is 18.5 Å². The maximum absolute atomic E-state index is 12.4. The Morgan fingerprint density at radius 2 is 2.31 bits per heavy atom. The van der Waals surface area contributed by atoms with Crippen LogP contribution in [-0.2, 0) is 11.3 Å². The minimum absolute atomic E-state index is 0.0406. The van der Waals surface area contributed by atoms with E-state index in [2.05, 4.69) is 16.3 Å². The maximum Gasteiger partial charge on any atom is 0.318 e. The zero-order valence-corrected chi connectivity index (χ0v) is 14.6. The molecule has 7 nitrogen and oxygen atoms in total. The Morgan fingerprint density at radius 3 is 3.08 bits per heavy atom. The van der Waals surface area contributed by atoms with E-state index < -0.39 is 0 Å². The van der Waals surface area contributed by atoms with Crippen LogP contribution < -0.4 is 10.9 Å². The molecule has 136 valence electrons. The highest BCUT2D eigenvalue weighted by molar-refractivity contribution is 5.80. The van der Waals surface area contributed by atoms with Crippen molar-refractivity contribution in [3.05, 3.63) is 40.8 Å². The fourth-order valence-corrected chi connectivity index (χ4v) is 3.03. The summed E-state index contributed by atoms with van der Waals surface area (Å²) >= 11 is 0. The van der Waals surface area contributed by atoms with Crippen molar-refractivity contribution in [2.45, 2.75) is 25.5 Å². The minimum atomic E-state index is -0.257. The van der Waals surface area contributed by atoms with Crippen molar-refractivity contribution in [3.63, 3.8) is 0 Å². The van der Waals surface area contributed by atoms with Gasteiger partial charge < -0.3 is 15.0 Å². The van der Waals surface area contributed by atoms with Gasteiger partial charge in [-0.1, -0.05) is 24.1 Å². The molecule has 1 unspecified atom stereocenters. The molecule has 2 aromatic rings. The number of aromatic nitrogens is 2. The van der Waals surface area contributed by atoms with E-state index in [1.165, 1.54) is 4.68 Å². The highest BCUT2D eigenvalue weighted by Gasteiger charge is 2.21. The number of rotatable bonds is 6. The summed E-state index contributed by atoms with van der Waals surface area (Å²) in [6.07, 6.45) is 9.00. The third-order valence-corrected chi connectivity index (χ3v) is 4.38. The average Bonchev–Trinajstić information content (AvgIpc) is 3.16. The minimum Gasteiger partial charge on any atom is -0.376 e. The monoisotopic (exact) mass is 354 g/mol. The van der Waals surface area contributed by atoms with Gasteiger partial charge in [-0.3, -0.25) is 4.79 Å². The SMILES string of the molecule is C#CCN(CC1CCCO1)C(=O)NCCn1ncc2ccccc2c1=O. The van der Waals surface area contributed by atoms with Crippen LogP contribution in [-0.4, -0.2) is 53.1 Å². The molecule has 2 heterocycles. The summed E-state index contributed by atoms with van der Waals surface area (Å²) in [4.78, 5) is 26.3. The number of hydrogen-bond acceptors (Lipinski definition) is 4. The molecule has 0 aliphatic carbocycles. The number of carbonyl (C=O) groups excluding carboxylic acids is 1. The molecule has 0 saturated carbocycles. The highest BCUT2D eigenvalue weighted by atomic mass is 16.5. The summed E-state index contributed by atoms with van der Waals surface area (Å²) < 4.78 is 6.92. The summed E-state index contributed by atoms with van der Waals surface area (Å²) in [6, 6.07) is 7.04. The zero-order valence-electron chi connectivity index (χ0n) is 14.6. The number of amides is 2. The van der Waals surface area contributed by atoms with E-state index in [1.807, 2.05) is 18.2 Å². The lowest BCUT2D eigenvalue weighted by atomic mass is 10.2. The Bertz CT molecular complexity index is 865. The summed E-state index contributed by atoms with van der Waals surface area (Å²) in [5.74, 6) is 2.50. The molecule has 0 spiro atoms. The number of benzene rings is 1. The lowest BCUT2D eigenvalue weighted by molar-refractivity contribution is 0.0846. The molecular formula is C19H22N4O3. The van der Waals surface area contributed by atoms with Crippen LogP contribution in [0.2, 0.25) is 0 Å². The Hall–Kier alpha value is -2.85. The van der Waals surface area contributed by atoms with E-state index in [-0.39, 0.29) is 30.8 Å². The van der Waals surface area contributed by atoms with Crippen molar-refractivity contribution in [1.82, 2.24) is 20.0 Å². The lowest BCUT2D eigenvalue weighted by Crippen LogP contribution is -2.45. The van der Waals surface area contributed by atoms with Crippen LogP contribution in [0.3, 0.4) is 0 Å². The standard InChI is InChI=1S/C19H22N4O3/c1-2-10-22(14-16-7-5-12-26-16)19(25)20-9-11-23-18(24)17-8-4-3-6-15(17)13-21-23/h1,3-4,6,8,13,16H,5,7,9-12,14H2,(H,20,25). The molecule has 1 aliphatic rings. The predicted octanol–water partition coefficient (Wildman–Crippen LogP) is 1.22. The van der Waals surface area contributed by atoms with Crippen molar-refractivity contribution in [2.75, 3.05) is 26.2 Å². The van der Waals surface area contributed by atoms with E-state index in [4.69, 9.17) is 11.2 Å². The van der Waals surface area contributed by atoms with Crippen LogP contribution in [0.25, 0.3) is 10.8 Å². The molecule has 1 saturated heterocycles. The van der Waals surface area contributed by atoms with Gasteiger partial charge in [-0.05, 0) is 18.9 Å². The third kappa shape index (κ3) is 4.21. The predicted molar refractivity (Wildman–Crippen MR) is 98.8 cm³/mol. The first-order valence-electron chi connectivity index (χ1n) is 8.72. The van der Waals surface area contributed by atoms with E-state index in [9.17, 15) is 9.59 Å². The number of carbonyl (C=O) groups is 1. The molecule has 26 heavy (non-hydrogen) atoms. The molecule has 0 radical (unpaired) electrons. The lowest BCUT2D eigenvalue weighted by Gasteiger charge is -2.23. The highest BCUT2D eigenvalue weighted by Crippen LogP contribution is 2.13. The third-order valence-electron chi connectivity index (χ3n) is 4.38. The number of nitrogens with one attached hydrogen (secondary N) is 1. The summed E-state index contributed by atoms with van der Waals surface area (Å²) in [5.41, 5.74) is -0.169. The number of hydrogen-bond donors (Lipinski definition) is 1. The first-order chi connectivity index (χ1) is 12.7. The molecular weight excluding hydrogens is 332 g/mol. The van der Waals surface area contributed by atoms with Crippen molar-refractivity contribution in [1.29, 1.82) is 0 Å². The normalized spacial score (nSPS) is 16.3. The molecule has 1 aromatic heterocycles. The van der Waals surface area contributed by atoms with Crippen molar-refractivity contribution < 1.29 is 9.53 Å². The van der Waals surface area contributed by atoms with E-state index >= 15 is 0 Å². The Kier molecular flexibility index (Phi) is 5.87. The first kappa shape index (κ1) is 18.0. The second-order valence-corrected chi connectivity index (χ2v) is 6.21. The van der Waals surface area contributed by atoms with Gasteiger partial charge in [-0.25, -0.2) is 9.48 Å². The summed E-state index contributed by atoms with van der Waals surface area (Å²) in [7, 11) is 0. The van der Waals surface area contributed by atoms with Crippen molar-refractivity contribution in [3.8, 4) is 12.3 Å². The van der Waals surface area contributed by atoms with Gasteiger partial charge >= 0.3 is 6.03 Å². The second kappa shape index (κ2) is 8.50. The topological polar surface area (TPSA) is 76.5 Å². The van der Waals surface area contributed by atoms with Crippen molar-refractivity contribution in [2.24, 2.45) is 0 Å². The van der Waals surface area contributed by atoms with Crippen molar-refractivity contribution >= 4 is 16.8 Å². The fraction of sp³-hybridized carbons (Fsp3) is 0.421. The fourth-order valence-electron chi connectivity index (χ4n) is 3.03. The zero-order chi connectivity index (χ0) is 18.4. The number of urea groups is 1. The van der Waals surface area contributed by atoms with E-state index in [1.54, 1.807) is 17.2 Å². The molecule has 1 atom stereocenters. The number of fused-ring (bicyclic) bond motifs is 1.